The maximum Gasteiger partial charge on any atom is 0.293 e. The molecule has 10 rings (SSSR count). The molecule has 2 saturated heterocycles. The van der Waals surface area contributed by atoms with Crippen molar-refractivity contribution in [2.45, 2.75) is 103 Å². The smallest absolute Gasteiger partial charge is 0.293 e. The summed E-state index contributed by atoms with van der Waals surface area (Å²) >= 11 is 1.56. The fourth-order valence-electron chi connectivity index (χ4n) is 11.3. The van der Waals surface area contributed by atoms with Crippen LogP contribution in [0.2, 0.25) is 0 Å². The summed E-state index contributed by atoms with van der Waals surface area (Å²) in [5.41, 5.74) is 6.39. The van der Waals surface area contributed by atoms with Crippen LogP contribution in [0.3, 0.4) is 0 Å². The van der Waals surface area contributed by atoms with Gasteiger partial charge in [-0.2, -0.15) is 0 Å². The number of benzene rings is 3. The molecule has 7 aromatic rings. The number of ether oxygens (including phenoxy) is 2. The number of carbonyl (C=O) groups is 4. The number of β-amino-alcohol motifs (C(OH)–C–C–N with tert-alkyl or cyclic N) is 1. The van der Waals surface area contributed by atoms with E-state index in [1.165, 1.54) is 20.1 Å². The fraction of sp³-hybridized carbons (Fsp3) is 0.431. The van der Waals surface area contributed by atoms with Gasteiger partial charge in [-0.05, 0) is 89.9 Å². The summed E-state index contributed by atoms with van der Waals surface area (Å²) in [4.78, 5) is 101. The van der Waals surface area contributed by atoms with Crippen molar-refractivity contribution in [2.24, 2.45) is 12.5 Å². The number of aromatic nitrogens is 5. The van der Waals surface area contributed by atoms with Crippen LogP contribution in [0.1, 0.15) is 87.6 Å². The van der Waals surface area contributed by atoms with Gasteiger partial charge in [0.2, 0.25) is 17.7 Å². The quantitative estimate of drug-likeness (QED) is 0.0381. The van der Waals surface area contributed by atoms with Gasteiger partial charge in [0, 0.05) is 102 Å². The lowest BCUT2D eigenvalue weighted by atomic mass is 9.85. The van der Waals surface area contributed by atoms with E-state index in [2.05, 4.69) is 40.7 Å². The average molecular weight is 1220 g/mol. The average Bonchev–Trinajstić information content (AvgIpc) is 1.28. The van der Waals surface area contributed by atoms with Crippen LogP contribution in [0.15, 0.2) is 106 Å². The molecule has 0 bridgehead atoms. The van der Waals surface area contributed by atoms with Crippen LogP contribution in [-0.2, 0) is 48.9 Å². The molecule has 0 unspecified atom stereocenters. The molecule has 3 aromatic carbocycles. The number of hydrogen-bond donors (Lipinski definition) is 5. The summed E-state index contributed by atoms with van der Waals surface area (Å²) in [7, 11) is 1.60. The molecule has 2 aliphatic heterocycles. The van der Waals surface area contributed by atoms with Crippen LogP contribution in [0.4, 0.5) is 21.7 Å². The molecule has 1 aliphatic carbocycles. The lowest BCUT2D eigenvalue weighted by Crippen LogP contribution is -2.57. The molecule has 0 radical (unpaired) electrons. The van der Waals surface area contributed by atoms with Crippen LogP contribution >= 0.6 is 11.3 Å². The number of piperazine rings is 1. The normalized spacial score (nSPS) is 16.7. The molecule has 3 amide bonds. The highest BCUT2D eigenvalue weighted by atomic mass is 32.1. The van der Waals surface area contributed by atoms with E-state index in [1.807, 2.05) is 64.1 Å². The molecule has 5 N–H and O–H groups in total. The number of Topliss-reactive ketones (excluding diaryl/α,β-unsaturated/α-hetero) is 1. The van der Waals surface area contributed by atoms with E-state index in [1.54, 1.807) is 72.8 Å². The van der Waals surface area contributed by atoms with Gasteiger partial charge in [-0.15, -0.1) is 11.3 Å². The third kappa shape index (κ3) is 15.1. The molecule has 88 heavy (non-hydrogen) atoms. The maximum atomic E-state index is 15.4. The highest BCUT2D eigenvalue weighted by Gasteiger charge is 2.44. The summed E-state index contributed by atoms with van der Waals surface area (Å²) in [6.45, 7) is 11.7. The third-order valence-electron chi connectivity index (χ3n) is 16.4. The van der Waals surface area contributed by atoms with Crippen LogP contribution in [0.25, 0.3) is 38.2 Å². The van der Waals surface area contributed by atoms with Gasteiger partial charge in [-0.3, -0.25) is 38.2 Å². The van der Waals surface area contributed by atoms with Crippen molar-refractivity contribution >= 4 is 62.9 Å². The van der Waals surface area contributed by atoms with Gasteiger partial charge in [0.15, 0.2) is 11.6 Å². The molecule has 3 fully saturated rings. The highest BCUT2D eigenvalue weighted by molar-refractivity contribution is 7.13. The van der Waals surface area contributed by atoms with E-state index in [0.717, 1.165) is 78.5 Å². The fourth-order valence-corrected chi connectivity index (χ4v) is 12.1. The number of aryl methyl sites for hydroxylation is 2. The zero-order valence-corrected chi connectivity index (χ0v) is 51.1. The number of amides is 3. The largest absolute Gasteiger partial charge is 0.392 e. The van der Waals surface area contributed by atoms with Crippen molar-refractivity contribution in [3.05, 3.63) is 146 Å². The van der Waals surface area contributed by atoms with Gasteiger partial charge >= 0.3 is 0 Å². The Labute approximate surface area is 513 Å². The monoisotopic (exact) mass is 1220 g/mol. The zero-order valence-electron chi connectivity index (χ0n) is 50.3. The third-order valence-corrected chi connectivity index (χ3v) is 17.4. The predicted octanol–water partition coefficient (Wildman–Crippen LogP) is 6.53. The van der Waals surface area contributed by atoms with Gasteiger partial charge in [0.1, 0.15) is 30.3 Å². The Morgan fingerprint density at radius 2 is 1.69 bits per heavy atom. The van der Waals surface area contributed by atoms with Gasteiger partial charge in [0.25, 0.3) is 11.1 Å². The van der Waals surface area contributed by atoms with Gasteiger partial charge in [0.05, 0.1) is 70.7 Å². The predicted molar refractivity (Wildman–Crippen MR) is 334 cm³/mol. The van der Waals surface area contributed by atoms with Crippen molar-refractivity contribution < 1.29 is 43.3 Å². The van der Waals surface area contributed by atoms with E-state index < -0.39 is 64.9 Å². The number of thiazole rings is 1. The number of nitrogens with one attached hydrogen (secondary N) is 3. The van der Waals surface area contributed by atoms with Gasteiger partial charge < -0.3 is 50.0 Å². The van der Waals surface area contributed by atoms with Gasteiger partial charge in [-0.1, -0.05) is 63.2 Å². The second-order valence-corrected chi connectivity index (χ2v) is 24.8. The van der Waals surface area contributed by atoms with Gasteiger partial charge in [-0.25, -0.2) is 19.3 Å². The number of pyridine rings is 2. The molecule has 21 nitrogen and oxygen atoms in total. The number of carbonyl (C=O) groups excluding carboxylic acids is 4. The van der Waals surface area contributed by atoms with E-state index in [4.69, 9.17) is 9.47 Å². The minimum absolute atomic E-state index is 0.0123. The van der Waals surface area contributed by atoms with Crippen molar-refractivity contribution in [2.75, 3.05) is 75.9 Å². The SMILES string of the molecule is Cc1ncsc1-c1ccc(CNC(=O)[C@@H]2C[C@@H](O)CN2C(=O)[C@@H](NC(=O)CCOCC(=O)CCCOCCN2CCN(c3ccc(Nc4nc(-c5cccc(-n6ccc7cc(C8CC8)cc(F)c7c6=O)c5CO)cn(C)c4=O)nc3)CC2)C(C)(C)C)cc1. The Bertz CT molecular complexity index is 3780. The molecule has 6 heterocycles. The molecule has 1 saturated carbocycles. The lowest BCUT2D eigenvalue weighted by molar-refractivity contribution is -0.144. The number of nitrogens with zero attached hydrogens (tertiary/aromatic N) is 8. The van der Waals surface area contributed by atoms with Crippen LogP contribution < -0.4 is 32.0 Å². The topological polar surface area (TPSA) is 256 Å². The minimum Gasteiger partial charge on any atom is -0.392 e. The lowest BCUT2D eigenvalue weighted by Gasteiger charge is -2.35. The van der Waals surface area contributed by atoms with Crippen LogP contribution in [0.5, 0.6) is 0 Å². The number of likely N-dealkylation sites (tertiary alicyclic amines) is 1. The minimum atomic E-state index is -0.990. The number of rotatable bonds is 25. The van der Waals surface area contributed by atoms with Crippen LogP contribution in [-0.4, -0.2) is 151 Å². The second kappa shape index (κ2) is 28.0. The number of aliphatic hydroxyl groups excluding tert-OH is 2. The summed E-state index contributed by atoms with van der Waals surface area (Å²) in [6, 6.07) is 19.8. The molecular formula is C65H76FN11O10S. The highest BCUT2D eigenvalue weighted by Crippen LogP contribution is 2.41. The molecule has 4 aromatic heterocycles. The van der Waals surface area contributed by atoms with E-state index in [-0.39, 0.29) is 62.6 Å². The summed E-state index contributed by atoms with van der Waals surface area (Å²) in [6.07, 6.45) is 6.76. The summed E-state index contributed by atoms with van der Waals surface area (Å²) < 4.78 is 29.6. The standard InChI is InChI=1S/C65H76FN11O10S/c1-40-58(88-39-69-40)43-13-11-41(12-14-43)33-68-61(82)54-32-48(80)35-77(54)63(84)59(65(2,3)4)72-56(81)20-28-87-38-47(79)8-7-27-86-29-26-74-22-24-75(25-23-74)46-17-18-55(67-34-46)71-60-64(85)73(5)36-52(70-60)49-9-6-10-53(50(49)37-78)76-21-19-44-30-45(42-15-16-42)31-51(66)57(44)62(76)83/h6,9-14,17-19,21,30-31,34,36,39,42,48,54,59,78,80H,7-8,15-16,20,22-29,32-33,35,37-38H2,1-5H3,(H,68,82)(H,72,81)(H,67,70,71)/t48-,54+,59-/m1/s1. The number of anilines is 3. The number of hydrogen-bond acceptors (Lipinski definition) is 17. The number of aliphatic hydroxyl groups is 2. The van der Waals surface area contributed by atoms with E-state index in [9.17, 15) is 39.0 Å². The first-order chi connectivity index (χ1) is 42.3. The molecule has 3 aliphatic rings. The first-order valence-corrected chi connectivity index (χ1v) is 30.8. The van der Waals surface area contributed by atoms with Crippen molar-refractivity contribution in [1.29, 1.82) is 0 Å². The van der Waals surface area contributed by atoms with Crippen molar-refractivity contribution in [3.8, 4) is 27.4 Å². The Morgan fingerprint density at radius 1 is 0.909 bits per heavy atom. The number of ketones is 1. The maximum absolute atomic E-state index is 15.4. The first-order valence-electron chi connectivity index (χ1n) is 29.9. The Morgan fingerprint density at radius 3 is 2.40 bits per heavy atom. The van der Waals surface area contributed by atoms with E-state index >= 15 is 4.39 Å². The molecule has 464 valence electrons. The second-order valence-electron chi connectivity index (χ2n) is 23.9. The Kier molecular flexibility index (Phi) is 20.0. The molecule has 3 atom stereocenters. The number of fused-ring (bicyclic) bond motifs is 1. The molecule has 23 heteroatoms. The van der Waals surface area contributed by atoms with Crippen molar-refractivity contribution in [1.82, 2.24) is 44.5 Å². The Balaban J connectivity index is 0.614. The summed E-state index contributed by atoms with van der Waals surface area (Å²) in [5, 5.41) is 30.6. The van der Waals surface area contributed by atoms with Crippen molar-refractivity contribution in [3.63, 3.8) is 0 Å². The summed E-state index contributed by atoms with van der Waals surface area (Å²) in [5.74, 6) is -1.25. The van der Waals surface area contributed by atoms with Crippen LogP contribution in [0, 0.1) is 18.2 Å². The molecule has 0 spiro atoms. The number of halogens is 1. The first kappa shape index (κ1) is 63.0. The van der Waals surface area contributed by atoms with E-state index in [0.29, 0.717) is 59.3 Å². The molecular weight excluding hydrogens is 1150 g/mol. The zero-order chi connectivity index (χ0) is 62.2. The Hall–Kier alpha value is -8.06.